The minimum Gasteiger partial charge on any atom is -0.456 e. The molecule has 0 aliphatic heterocycles. The monoisotopic (exact) mass is 385 g/mol. The van der Waals surface area contributed by atoms with Crippen LogP contribution >= 0.6 is 22.6 Å². The Hall–Kier alpha value is -1.14. The Bertz CT molecular complexity index is 615. The largest absolute Gasteiger partial charge is 0.456 e. The number of ether oxygens (including phenoxy) is 1. The smallest absolute Gasteiger partial charge is 0.140 e. The summed E-state index contributed by atoms with van der Waals surface area (Å²) < 4.78 is 20.8. The minimum atomic E-state index is -0.211. The molecule has 0 saturated carbocycles. The zero-order valence-corrected chi connectivity index (χ0v) is 13.9. The van der Waals surface area contributed by atoms with Crippen LogP contribution < -0.4 is 10.1 Å². The lowest BCUT2D eigenvalue weighted by atomic mass is 10.0. The van der Waals surface area contributed by atoms with E-state index in [1.165, 1.54) is 0 Å². The van der Waals surface area contributed by atoms with Gasteiger partial charge in [-0.3, -0.25) is 0 Å². The van der Waals surface area contributed by atoms with Gasteiger partial charge in [-0.15, -0.1) is 0 Å². The summed E-state index contributed by atoms with van der Waals surface area (Å²) in [4.78, 5) is 0. The predicted octanol–water partition coefficient (Wildman–Crippen LogP) is 4.81. The van der Waals surface area contributed by atoms with Crippen molar-refractivity contribution in [2.45, 2.75) is 19.9 Å². The Morgan fingerprint density at radius 1 is 1.20 bits per heavy atom. The topological polar surface area (TPSA) is 21.3 Å². The highest BCUT2D eigenvalue weighted by Crippen LogP contribution is 2.33. The SMILES string of the molecule is CNC(C)c1cc(F)c(C)cc1Oc1ccccc1I. The maximum Gasteiger partial charge on any atom is 0.140 e. The Morgan fingerprint density at radius 2 is 1.90 bits per heavy atom. The molecule has 0 heterocycles. The third-order valence-electron chi connectivity index (χ3n) is 3.25. The molecule has 0 saturated heterocycles. The van der Waals surface area contributed by atoms with Crippen molar-refractivity contribution in [2.24, 2.45) is 0 Å². The average molecular weight is 385 g/mol. The van der Waals surface area contributed by atoms with Gasteiger partial charge in [0.1, 0.15) is 17.3 Å². The van der Waals surface area contributed by atoms with Crippen molar-refractivity contribution >= 4 is 22.6 Å². The third-order valence-corrected chi connectivity index (χ3v) is 4.14. The molecule has 0 aliphatic rings. The van der Waals surface area contributed by atoms with Gasteiger partial charge in [0.15, 0.2) is 0 Å². The summed E-state index contributed by atoms with van der Waals surface area (Å²) in [5.74, 6) is 1.26. The molecule has 2 aromatic carbocycles. The Morgan fingerprint density at radius 3 is 2.55 bits per heavy atom. The molecule has 0 radical (unpaired) electrons. The second-order valence-corrected chi connectivity index (χ2v) is 5.84. The summed E-state index contributed by atoms with van der Waals surface area (Å²) in [7, 11) is 1.85. The van der Waals surface area contributed by atoms with Crippen molar-refractivity contribution in [3.63, 3.8) is 0 Å². The van der Waals surface area contributed by atoms with Crippen LogP contribution in [0.4, 0.5) is 4.39 Å². The molecule has 2 rings (SSSR count). The highest BCUT2D eigenvalue weighted by Gasteiger charge is 2.15. The van der Waals surface area contributed by atoms with Crippen LogP contribution in [0.1, 0.15) is 24.1 Å². The number of nitrogens with one attached hydrogen (secondary N) is 1. The zero-order valence-electron chi connectivity index (χ0n) is 11.7. The van der Waals surface area contributed by atoms with Crippen molar-refractivity contribution in [1.29, 1.82) is 0 Å². The van der Waals surface area contributed by atoms with Crippen LogP contribution in [0.15, 0.2) is 36.4 Å². The first-order valence-corrected chi connectivity index (χ1v) is 7.50. The molecule has 0 spiro atoms. The van der Waals surface area contributed by atoms with Crippen molar-refractivity contribution in [2.75, 3.05) is 7.05 Å². The number of para-hydroxylation sites is 1. The summed E-state index contributed by atoms with van der Waals surface area (Å²) in [6.45, 7) is 3.72. The van der Waals surface area contributed by atoms with E-state index in [2.05, 4.69) is 27.9 Å². The highest BCUT2D eigenvalue weighted by atomic mass is 127. The maximum absolute atomic E-state index is 13.8. The van der Waals surface area contributed by atoms with Gasteiger partial charge >= 0.3 is 0 Å². The number of halogens is 2. The van der Waals surface area contributed by atoms with Gasteiger partial charge in [-0.05, 0) is 73.3 Å². The molecule has 2 nitrogen and oxygen atoms in total. The van der Waals surface area contributed by atoms with E-state index < -0.39 is 0 Å². The molecule has 20 heavy (non-hydrogen) atoms. The molecule has 1 atom stereocenters. The van der Waals surface area contributed by atoms with Gasteiger partial charge in [0.25, 0.3) is 0 Å². The molecule has 0 fully saturated rings. The van der Waals surface area contributed by atoms with E-state index in [1.54, 1.807) is 19.1 Å². The third kappa shape index (κ3) is 3.30. The van der Waals surface area contributed by atoms with Crippen LogP contribution in [0, 0.1) is 16.3 Å². The highest BCUT2D eigenvalue weighted by molar-refractivity contribution is 14.1. The fourth-order valence-corrected chi connectivity index (χ4v) is 2.40. The van der Waals surface area contributed by atoms with Crippen molar-refractivity contribution < 1.29 is 9.13 Å². The van der Waals surface area contributed by atoms with Gasteiger partial charge in [-0.2, -0.15) is 0 Å². The number of benzene rings is 2. The predicted molar refractivity (Wildman–Crippen MR) is 87.8 cm³/mol. The minimum absolute atomic E-state index is 0.0153. The molecule has 0 aliphatic carbocycles. The molecule has 1 N–H and O–H groups in total. The van der Waals surface area contributed by atoms with Crippen LogP contribution in [0.25, 0.3) is 0 Å². The molecular formula is C16H17FINO. The molecular weight excluding hydrogens is 368 g/mol. The van der Waals surface area contributed by atoms with Crippen molar-refractivity contribution in [3.8, 4) is 11.5 Å². The summed E-state index contributed by atoms with van der Waals surface area (Å²) in [5, 5.41) is 3.12. The first-order chi connectivity index (χ1) is 9.52. The van der Waals surface area contributed by atoms with Gasteiger partial charge < -0.3 is 10.1 Å². The van der Waals surface area contributed by atoms with Crippen molar-refractivity contribution in [1.82, 2.24) is 5.32 Å². The lowest BCUT2D eigenvalue weighted by molar-refractivity contribution is 0.459. The fraction of sp³-hybridized carbons (Fsp3) is 0.250. The van der Waals surface area contributed by atoms with E-state index >= 15 is 0 Å². The molecule has 0 amide bonds. The Labute approximate surface area is 132 Å². The van der Waals surface area contributed by atoms with Crippen LogP contribution in [0.5, 0.6) is 11.5 Å². The second kappa shape index (κ2) is 6.54. The molecule has 106 valence electrons. The van der Waals surface area contributed by atoms with E-state index in [-0.39, 0.29) is 11.9 Å². The summed E-state index contributed by atoms with van der Waals surface area (Å²) in [6.07, 6.45) is 0. The average Bonchev–Trinajstić information content (AvgIpc) is 2.44. The molecule has 1 unspecified atom stereocenters. The number of rotatable bonds is 4. The first kappa shape index (κ1) is 15.3. The number of aryl methyl sites for hydroxylation is 1. The fourth-order valence-electron chi connectivity index (χ4n) is 1.90. The van der Waals surface area contributed by atoms with E-state index in [1.807, 2.05) is 38.2 Å². The number of hydrogen-bond donors (Lipinski definition) is 1. The van der Waals surface area contributed by atoms with Gasteiger partial charge in [0.2, 0.25) is 0 Å². The van der Waals surface area contributed by atoms with Gasteiger partial charge in [-0.25, -0.2) is 4.39 Å². The lowest BCUT2D eigenvalue weighted by Crippen LogP contribution is -2.14. The van der Waals surface area contributed by atoms with Crippen molar-refractivity contribution in [3.05, 3.63) is 56.9 Å². The van der Waals surface area contributed by atoms with Crippen LogP contribution in [0.3, 0.4) is 0 Å². The van der Waals surface area contributed by atoms with Gasteiger partial charge in [-0.1, -0.05) is 12.1 Å². The van der Waals surface area contributed by atoms with E-state index in [9.17, 15) is 4.39 Å². The molecule has 4 heteroatoms. The Kier molecular flexibility index (Phi) is 4.99. The maximum atomic E-state index is 13.8. The van der Waals surface area contributed by atoms with Crippen LogP contribution in [-0.2, 0) is 0 Å². The van der Waals surface area contributed by atoms with Gasteiger partial charge in [0.05, 0.1) is 3.57 Å². The zero-order chi connectivity index (χ0) is 14.7. The Balaban J connectivity index is 2.45. The lowest BCUT2D eigenvalue weighted by Gasteiger charge is -2.18. The molecule has 2 aromatic rings. The summed E-state index contributed by atoms with van der Waals surface area (Å²) >= 11 is 2.23. The van der Waals surface area contributed by atoms with Crippen LogP contribution in [0.2, 0.25) is 0 Å². The quantitative estimate of drug-likeness (QED) is 0.763. The molecule has 0 aromatic heterocycles. The first-order valence-electron chi connectivity index (χ1n) is 6.42. The van der Waals surface area contributed by atoms with Crippen LogP contribution in [-0.4, -0.2) is 7.05 Å². The standard InChI is InChI=1S/C16H17FINO/c1-10-8-16(12(9-13(10)17)11(2)19-3)20-15-7-5-4-6-14(15)18/h4-9,11,19H,1-3H3. The molecule has 0 bridgehead atoms. The normalized spacial score (nSPS) is 12.2. The van der Waals surface area contributed by atoms with E-state index in [4.69, 9.17) is 4.74 Å². The number of hydrogen-bond acceptors (Lipinski definition) is 2. The van der Waals surface area contributed by atoms with E-state index in [0.29, 0.717) is 11.3 Å². The van der Waals surface area contributed by atoms with E-state index in [0.717, 1.165) is 14.9 Å². The second-order valence-electron chi connectivity index (χ2n) is 4.68. The summed E-state index contributed by atoms with van der Waals surface area (Å²) in [6, 6.07) is 11.1. The summed E-state index contributed by atoms with van der Waals surface area (Å²) in [5.41, 5.74) is 1.40. The van der Waals surface area contributed by atoms with Gasteiger partial charge in [0, 0.05) is 11.6 Å².